The van der Waals surface area contributed by atoms with E-state index in [-0.39, 0.29) is 5.91 Å². The zero-order valence-electron chi connectivity index (χ0n) is 12.8. The predicted molar refractivity (Wildman–Crippen MR) is 81.0 cm³/mol. The number of hydrogen-bond donors (Lipinski definition) is 1. The average Bonchev–Trinajstić information content (AvgIpc) is 2.95. The second-order valence-electron chi connectivity index (χ2n) is 5.60. The van der Waals surface area contributed by atoms with Gasteiger partial charge in [0.15, 0.2) is 6.10 Å². The minimum Gasteiger partial charge on any atom is -0.449 e. The first-order valence-corrected chi connectivity index (χ1v) is 7.26. The van der Waals surface area contributed by atoms with Gasteiger partial charge in [-0.15, -0.1) is 0 Å². The van der Waals surface area contributed by atoms with Crippen molar-refractivity contribution in [2.24, 2.45) is 0 Å². The summed E-state index contributed by atoms with van der Waals surface area (Å²) in [6.45, 7) is 6.83. The van der Waals surface area contributed by atoms with Crippen molar-refractivity contribution in [3.05, 3.63) is 28.8 Å². The van der Waals surface area contributed by atoms with E-state index in [0.29, 0.717) is 11.3 Å². The standard InChI is InChI=1S/C16H22N2O3/c1-10-8-11(2)14(17)9-13(10)16(20)21-12(3)15(19)18-6-4-5-7-18/h8-9,12H,4-7,17H2,1-3H3. The van der Waals surface area contributed by atoms with E-state index in [2.05, 4.69) is 0 Å². The number of aryl methyl sites for hydroxylation is 2. The summed E-state index contributed by atoms with van der Waals surface area (Å²) in [5.41, 5.74) is 8.52. The number of amides is 1. The van der Waals surface area contributed by atoms with E-state index in [1.165, 1.54) is 0 Å². The van der Waals surface area contributed by atoms with E-state index >= 15 is 0 Å². The molecule has 5 nitrogen and oxygen atoms in total. The van der Waals surface area contributed by atoms with Crippen LogP contribution in [0, 0.1) is 13.8 Å². The molecule has 0 bridgehead atoms. The van der Waals surface area contributed by atoms with Gasteiger partial charge in [0.2, 0.25) is 0 Å². The molecule has 21 heavy (non-hydrogen) atoms. The summed E-state index contributed by atoms with van der Waals surface area (Å²) in [5.74, 6) is -0.627. The quantitative estimate of drug-likeness (QED) is 0.683. The van der Waals surface area contributed by atoms with E-state index in [9.17, 15) is 9.59 Å². The summed E-state index contributed by atoms with van der Waals surface area (Å²) >= 11 is 0. The predicted octanol–water partition coefficient (Wildman–Crippen LogP) is 2.05. The van der Waals surface area contributed by atoms with Crippen LogP contribution >= 0.6 is 0 Å². The summed E-state index contributed by atoms with van der Waals surface area (Å²) in [4.78, 5) is 26.1. The fourth-order valence-corrected chi connectivity index (χ4v) is 2.56. The Morgan fingerprint density at radius 3 is 2.43 bits per heavy atom. The highest BCUT2D eigenvalue weighted by Crippen LogP contribution is 2.19. The molecule has 0 aliphatic carbocycles. The number of nitrogen functional groups attached to an aromatic ring is 1. The number of rotatable bonds is 3. The fourth-order valence-electron chi connectivity index (χ4n) is 2.56. The Morgan fingerprint density at radius 2 is 1.81 bits per heavy atom. The highest BCUT2D eigenvalue weighted by Gasteiger charge is 2.26. The van der Waals surface area contributed by atoms with Crippen LogP contribution in [0.4, 0.5) is 5.69 Å². The van der Waals surface area contributed by atoms with Gasteiger partial charge < -0.3 is 15.4 Å². The van der Waals surface area contributed by atoms with Crippen LogP contribution in [-0.2, 0) is 9.53 Å². The molecule has 114 valence electrons. The smallest absolute Gasteiger partial charge is 0.339 e. The van der Waals surface area contributed by atoms with Crippen LogP contribution in [-0.4, -0.2) is 36.0 Å². The largest absolute Gasteiger partial charge is 0.449 e. The van der Waals surface area contributed by atoms with Crippen molar-refractivity contribution in [3.63, 3.8) is 0 Å². The van der Waals surface area contributed by atoms with Gasteiger partial charge in [0.05, 0.1) is 5.56 Å². The lowest BCUT2D eigenvalue weighted by molar-refractivity contribution is -0.138. The van der Waals surface area contributed by atoms with Crippen molar-refractivity contribution in [2.45, 2.75) is 39.7 Å². The maximum absolute atomic E-state index is 12.2. The Morgan fingerprint density at radius 1 is 1.19 bits per heavy atom. The summed E-state index contributed by atoms with van der Waals surface area (Å²) in [6, 6.07) is 3.46. The highest BCUT2D eigenvalue weighted by atomic mass is 16.5. The maximum Gasteiger partial charge on any atom is 0.339 e. The Kier molecular flexibility index (Phi) is 4.50. The number of hydrogen-bond acceptors (Lipinski definition) is 4. The lowest BCUT2D eigenvalue weighted by atomic mass is 10.0. The number of benzene rings is 1. The number of carbonyl (C=O) groups excluding carboxylic acids is 2. The average molecular weight is 290 g/mol. The molecule has 1 aliphatic rings. The molecule has 0 saturated carbocycles. The number of carbonyl (C=O) groups is 2. The SMILES string of the molecule is Cc1cc(C)c(C(=O)OC(C)C(=O)N2CCCC2)cc1N. The second-order valence-corrected chi connectivity index (χ2v) is 5.60. The van der Waals surface area contributed by atoms with Crippen molar-refractivity contribution in [1.29, 1.82) is 0 Å². The molecule has 1 atom stereocenters. The minimum absolute atomic E-state index is 0.126. The maximum atomic E-state index is 12.2. The van der Waals surface area contributed by atoms with Crippen LogP contribution in [0.5, 0.6) is 0 Å². The van der Waals surface area contributed by atoms with Crippen LogP contribution < -0.4 is 5.73 Å². The van der Waals surface area contributed by atoms with Gasteiger partial charge in [-0.3, -0.25) is 4.79 Å². The molecule has 1 amide bonds. The van der Waals surface area contributed by atoms with Crippen LogP contribution in [0.1, 0.15) is 41.3 Å². The van der Waals surface area contributed by atoms with Gasteiger partial charge >= 0.3 is 5.97 Å². The molecule has 2 rings (SSSR count). The molecule has 0 spiro atoms. The molecule has 1 aromatic rings. The Labute approximate surface area is 125 Å². The number of nitrogens with two attached hydrogens (primary N) is 1. The molecule has 1 heterocycles. The van der Waals surface area contributed by atoms with Gasteiger partial charge in [0.25, 0.3) is 5.91 Å². The van der Waals surface area contributed by atoms with Crippen molar-refractivity contribution >= 4 is 17.6 Å². The third kappa shape index (κ3) is 3.35. The van der Waals surface area contributed by atoms with Crippen molar-refractivity contribution in [3.8, 4) is 0 Å². The molecule has 5 heteroatoms. The summed E-state index contributed by atoms with van der Waals surface area (Å²) in [5, 5.41) is 0. The molecule has 1 fully saturated rings. The van der Waals surface area contributed by atoms with Gasteiger partial charge in [-0.1, -0.05) is 6.07 Å². The summed E-state index contributed by atoms with van der Waals surface area (Å²) < 4.78 is 5.30. The molecule has 0 aromatic heterocycles. The van der Waals surface area contributed by atoms with E-state index in [0.717, 1.165) is 37.1 Å². The van der Waals surface area contributed by atoms with Gasteiger partial charge in [-0.05, 0) is 50.8 Å². The van der Waals surface area contributed by atoms with Crippen LogP contribution in [0.2, 0.25) is 0 Å². The molecular formula is C16H22N2O3. The molecule has 1 aliphatic heterocycles. The van der Waals surface area contributed by atoms with E-state index in [4.69, 9.17) is 10.5 Å². The third-order valence-electron chi connectivity index (χ3n) is 3.88. The van der Waals surface area contributed by atoms with Crippen LogP contribution in [0.15, 0.2) is 12.1 Å². The monoisotopic (exact) mass is 290 g/mol. The molecular weight excluding hydrogens is 268 g/mol. The Bertz CT molecular complexity index is 563. The second kappa shape index (κ2) is 6.16. The molecule has 1 saturated heterocycles. The normalized spacial score (nSPS) is 15.9. The number of anilines is 1. The van der Waals surface area contributed by atoms with Crippen molar-refractivity contribution in [2.75, 3.05) is 18.8 Å². The van der Waals surface area contributed by atoms with Gasteiger partial charge in [0.1, 0.15) is 0 Å². The number of nitrogens with zero attached hydrogens (tertiary/aromatic N) is 1. The topological polar surface area (TPSA) is 72.6 Å². The van der Waals surface area contributed by atoms with E-state index < -0.39 is 12.1 Å². The third-order valence-corrected chi connectivity index (χ3v) is 3.88. The first kappa shape index (κ1) is 15.4. The lowest BCUT2D eigenvalue weighted by Gasteiger charge is -2.20. The van der Waals surface area contributed by atoms with Gasteiger partial charge in [0, 0.05) is 18.8 Å². The first-order valence-electron chi connectivity index (χ1n) is 7.26. The van der Waals surface area contributed by atoms with Crippen LogP contribution in [0.3, 0.4) is 0 Å². The zero-order chi connectivity index (χ0) is 15.6. The zero-order valence-corrected chi connectivity index (χ0v) is 12.8. The van der Waals surface area contributed by atoms with Crippen molar-refractivity contribution in [1.82, 2.24) is 4.90 Å². The Hall–Kier alpha value is -2.04. The summed E-state index contributed by atoms with van der Waals surface area (Å²) in [7, 11) is 0. The first-order chi connectivity index (χ1) is 9.90. The molecule has 2 N–H and O–H groups in total. The summed E-state index contributed by atoms with van der Waals surface area (Å²) in [6.07, 6.45) is 1.26. The Balaban J connectivity index is 2.07. The molecule has 1 unspecified atom stereocenters. The van der Waals surface area contributed by atoms with Gasteiger partial charge in [-0.25, -0.2) is 4.79 Å². The van der Waals surface area contributed by atoms with Crippen LogP contribution in [0.25, 0.3) is 0 Å². The number of likely N-dealkylation sites (tertiary alicyclic amines) is 1. The van der Waals surface area contributed by atoms with Crippen molar-refractivity contribution < 1.29 is 14.3 Å². The van der Waals surface area contributed by atoms with E-state index in [1.807, 2.05) is 19.9 Å². The minimum atomic E-state index is -0.766. The lowest BCUT2D eigenvalue weighted by Crippen LogP contribution is -2.38. The number of esters is 1. The highest BCUT2D eigenvalue weighted by molar-refractivity contribution is 5.94. The van der Waals surface area contributed by atoms with E-state index in [1.54, 1.807) is 17.9 Å². The molecule has 1 aromatic carbocycles. The fraction of sp³-hybridized carbons (Fsp3) is 0.500. The van der Waals surface area contributed by atoms with Gasteiger partial charge in [-0.2, -0.15) is 0 Å². The number of ether oxygens (including phenoxy) is 1. The molecule has 0 radical (unpaired) electrons.